The molecular weight excluding hydrogens is 300 g/mol. The number of anilines is 1. The Hall–Kier alpha value is -3.08. The number of carbonyl (C=O) groups is 1. The van der Waals surface area contributed by atoms with E-state index < -0.39 is 0 Å². The predicted octanol–water partition coefficient (Wildman–Crippen LogP) is 3.53. The molecule has 0 aliphatic rings. The second-order valence-electron chi connectivity index (χ2n) is 5.97. The molecule has 4 rings (SSSR count). The number of fused-ring (bicyclic) bond motifs is 2. The van der Waals surface area contributed by atoms with Gasteiger partial charge in [0, 0.05) is 31.4 Å². The number of nitrogens with one attached hydrogen (secondary N) is 1. The van der Waals surface area contributed by atoms with Crippen LogP contribution in [-0.4, -0.2) is 20.0 Å². The van der Waals surface area contributed by atoms with Crippen LogP contribution in [0.3, 0.4) is 0 Å². The summed E-state index contributed by atoms with van der Waals surface area (Å²) in [6, 6.07) is 16.2. The van der Waals surface area contributed by atoms with Gasteiger partial charge in [0.25, 0.3) is 0 Å². The topological polar surface area (TPSA) is 51.9 Å². The smallest absolute Gasteiger partial charge is 0.221 e. The molecule has 24 heavy (non-hydrogen) atoms. The fraction of sp³-hybridized carbons (Fsp3) is 0.158. The van der Waals surface area contributed by atoms with Gasteiger partial charge in [0.15, 0.2) is 0 Å². The van der Waals surface area contributed by atoms with Crippen molar-refractivity contribution < 1.29 is 4.79 Å². The number of hydrogen-bond donors (Lipinski definition) is 1. The molecule has 0 fully saturated rings. The predicted molar refractivity (Wildman–Crippen MR) is 96.1 cm³/mol. The van der Waals surface area contributed by atoms with Crippen molar-refractivity contribution in [1.29, 1.82) is 0 Å². The van der Waals surface area contributed by atoms with Crippen molar-refractivity contribution in [1.82, 2.24) is 14.1 Å². The molecule has 5 heteroatoms. The van der Waals surface area contributed by atoms with Crippen LogP contribution in [-0.2, 0) is 18.4 Å². The second-order valence-corrected chi connectivity index (χ2v) is 5.97. The number of benzene rings is 2. The summed E-state index contributed by atoms with van der Waals surface area (Å²) in [6.07, 6.45) is 2.09. The van der Waals surface area contributed by atoms with Crippen LogP contribution >= 0.6 is 0 Å². The molecule has 0 saturated heterocycles. The Balaban J connectivity index is 1.74. The van der Waals surface area contributed by atoms with Gasteiger partial charge in [0.05, 0.1) is 17.6 Å². The first-order valence-corrected chi connectivity index (χ1v) is 7.88. The van der Waals surface area contributed by atoms with Crippen molar-refractivity contribution >= 4 is 33.5 Å². The summed E-state index contributed by atoms with van der Waals surface area (Å²) < 4.78 is 4.30. The fourth-order valence-corrected chi connectivity index (χ4v) is 3.10. The lowest BCUT2D eigenvalue weighted by molar-refractivity contribution is -0.114. The minimum atomic E-state index is -0.0793. The minimum Gasteiger partial charge on any atom is -0.340 e. The first-order valence-electron chi connectivity index (χ1n) is 7.88. The Bertz CT molecular complexity index is 1060. The lowest BCUT2D eigenvalue weighted by atomic mass is 10.2. The molecule has 5 nitrogen and oxygen atoms in total. The zero-order valence-electron chi connectivity index (χ0n) is 13.7. The normalized spacial score (nSPS) is 11.2. The van der Waals surface area contributed by atoms with E-state index in [0.717, 1.165) is 22.5 Å². The van der Waals surface area contributed by atoms with Crippen LogP contribution in [0.5, 0.6) is 0 Å². The highest BCUT2D eigenvalue weighted by Crippen LogP contribution is 2.22. The second kappa shape index (κ2) is 5.53. The fourth-order valence-electron chi connectivity index (χ4n) is 3.10. The number of hydrogen-bond acceptors (Lipinski definition) is 2. The SMILES string of the molecule is CC(=O)Nc1ccc2c(c1)nc(Cn1ccc3ccccc31)n2C. The van der Waals surface area contributed by atoms with E-state index in [4.69, 9.17) is 4.98 Å². The number of carbonyl (C=O) groups excluding carboxylic acids is 1. The molecule has 1 amide bonds. The maximum atomic E-state index is 11.2. The first kappa shape index (κ1) is 14.5. The van der Waals surface area contributed by atoms with E-state index in [1.165, 1.54) is 17.8 Å². The van der Waals surface area contributed by atoms with Crippen LogP contribution in [0.1, 0.15) is 12.7 Å². The molecular formula is C19H18N4O. The van der Waals surface area contributed by atoms with Gasteiger partial charge in [-0.3, -0.25) is 4.79 Å². The molecule has 0 bridgehead atoms. The number of amides is 1. The molecule has 1 N–H and O–H groups in total. The Morgan fingerprint density at radius 1 is 1.12 bits per heavy atom. The van der Waals surface area contributed by atoms with Gasteiger partial charge in [-0.25, -0.2) is 4.98 Å². The Morgan fingerprint density at radius 3 is 2.79 bits per heavy atom. The number of imidazole rings is 1. The molecule has 0 aliphatic heterocycles. The van der Waals surface area contributed by atoms with E-state index in [-0.39, 0.29) is 5.91 Å². The number of aromatic nitrogens is 3. The van der Waals surface area contributed by atoms with Gasteiger partial charge < -0.3 is 14.5 Å². The maximum absolute atomic E-state index is 11.2. The van der Waals surface area contributed by atoms with E-state index in [0.29, 0.717) is 6.54 Å². The summed E-state index contributed by atoms with van der Waals surface area (Å²) in [7, 11) is 2.02. The largest absolute Gasteiger partial charge is 0.340 e. The highest BCUT2D eigenvalue weighted by Gasteiger charge is 2.10. The van der Waals surface area contributed by atoms with E-state index in [2.05, 4.69) is 38.8 Å². The molecule has 120 valence electrons. The summed E-state index contributed by atoms with van der Waals surface area (Å²) in [4.78, 5) is 16.0. The summed E-state index contributed by atoms with van der Waals surface area (Å²) in [5.41, 5.74) is 3.90. The zero-order chi connectivity index (χ0) is 16.7. The average Bonchev–Trinajstić information content (AvgIpc) is 3.09. The quantitative estimate of drug-likeness (QED) is 0.628. The summed E-state index contributed by atoms with van der Waals surface area (Å²) in [6.45, 7) is 2.21. The third kappa shape index (κ3) is 2.44. The van der Waals surface area contributed by atoms with Gasteiger partial charge in [-0.1, -0.05) is 18.2 Å². The van der Waals surface area contributed by atoms with Crippen molar-refractivity contribution in [2.75, 3.05) is 5.32 Å². The highest BCUT2D eigenvalue weighted by atomic mass is 16.1. The van der Waals surface area contributed by atoms with Crippen LogP contribution in [0.15, 0.2) is 54.7 Å². The van der Waals surface area contributed by atoms with Gasteiger partial charge in [-0.15, -0.1) is 0 Å². The van der Waals surface area contributed by atoms with E-state index in [9.17, 15) is 4.79 Å². The first-order chi connectivity index (χ1) is 11.6. The lowest BCUT2D eigenvalue weighted by Gasteiger charge is -2.06. The molecule has 0 spiro atoms. The molecule has 0 radical (unpaired) electrons. The highest BCUT2D eigenvalue weighted by molar-refractivity contribution is 5.91. The lowest BCUT2D eigenvalue weighted by Crippen LogP contribution is -2.05. The molecule has 0 atom stereocenters. The van der Waals surface area contributed by atoms with Gasteiger partial charge in [0.2, 0.25) is 5.91 Å². The number of aryl methyl sites for hydroxylation is 1. The average molecular weight is 318 g/mol. The minimum absolute atomic E-state index is 0.0793. The summed E-state index contributed by atoms with van der Waals surface area (Å²) in [5, 5.41) is 4.03. The summed E-state index contributed by atoms with van der Waals surface area (Å²) >= 11 is 0. The van der Waals surface area contributed by atoms with Gasteiger partial charge in [-0.2, -0.15) is 0 Å². The standard InChI is InChI=1S/C19H18N4O/c1-13(24)20-15-7-8-18-16(11-15)21-19(22(18)2)12-23-10-9-14-5-3-4-6-17(14)23/h3-11H,12H2,1-2H3,(H,20,24). The van der Waals surface area contributed by atoms with Gasteiger partial charge >= 0.3 is 0 Å². The van der Waals surface area contributed by atoms with Crippen molar-refractivity contribution in [3.8, 4) is 0 Å². The van der Waals surface area contributed by atoms with Crippen molar-refractivity contribution in [2.24, 2.45) is 7.05 Å². The molecule has 0 unspecified atom stereocenters. The molecule has 4 aromatic rings. The van der Waals surface area contributed by atoms with E-state index >= 15 is 0 Å². The van der Waals surface area contributed by atoms with Crippen LogP contribution in [0.4, 0.5) is 5.69 Å². The molecule has 0 saturated carbocycles. The zero-order valence-corrected chi connectivity index (χ0v) is 13.7. The van der Waals surface area contributed by atoms with Crippen molar-refractivity contribution in [3.63, 3.8) is 0 Å². The molecule has 2 aromatic heterocycles. The third-order valence-electron chi connectivity index (χ3n) is 4.29. The van der Waals surface area contributed by atoms with E-state index in [1.807, 2.05) is 37.4 Å². The van der Waals surface area contributed by atoms with Crippen LogP contribution in [0.2, 0.25) is 0 Å². The monoisotopic (exact) mass is 318 g/mol. The number of para-hydroxylation sites is 1. The Morgan fingerprint density at radius 2 is 1.96 bits per heavy atom. The van der Waals surface area contributed by atoms with Crippen LogP contribution in [0.25, 0.3) is 21.9 Å². The Kier molecular flexibility index (Phi) is 3.34. The third-order valence-corrected chi connectivity index (χ3v) is 4.29. The van der Waals surface area contributed by atoms with Crippen LogP contribution in [0, 0.1) is 0 Å². The maximum Gasteiger partial charge on any atom is 0.221 e. The van der Waals surface area contributed by atoms with Crippen molar-refractivity contribution in [3.05, 3.63) is 60.6 Å². The number of rotatable bonds is 3. The van der Waals surface area contributed by atoms with E-state index in [1.54, 1.807) is 0 Å². The Labute approximate surface area is 139 Å². The molecule has 2 aromatic carbocycles. The van der Waals surface area contributed by atoms with Gasteiger partial charge in [0.1, 0.15) is 5.82 Å². The van der Waals surface area contributed by atoms with Gasteiger partial charge in [-0.05, 0) is 35.7 Å². The molecule has 0 aliphatic carbocycles. The van der Waals surface area contributed by atoms with Crippen molar-refractivity contribution in [2.45, 2.75) is 13.5 Å². The molecule has 2 heterocycles. The summed E-state index contributed by atoms with van der Waals surface area (Å²) in [5.74, 6) is 0.899. The van der Waals surface area contributed by atoms with Crippen LogP contribution < -0.4 is 5.32 Å². The number of nitrogens with zero attached hydrogens (tertiary/aromatic N) is 3.